The Morgan fingerprint density at radius 3 is 2.85 bits per heavy atom. The molecule has 27 heavy (non-hydrogen) atoms. The molecule has 0 bridgehead atoms. The predicted molar refractivity (Wildman–Crippen MR) is 99.5 cm³/mol. The van der Waals surface area contributed by atoms with E-state index in [4.69, 9.17) is 0 Å². The molecule has 0 saturated carbocycles. The number of benzene rings is 1. The van der Waals surface area contributed by atoms with Gasteiger partial charge >= 0.3 is 0 Å². The van der Waals surface area contributed by atoms with Crippen LogP contribution >= 0.6 is 0 Å². The first-order valence-corrected chi connectivity index (χ1v) is 9.17. The van der Waals surface area contributed by atoms with Crippen molar-refractivity contribution >= 4 is 5.91 Å². The minimum Gasteiger partial charge on any atom is -0.340 e. The average Bonchev–Trinajstić information content (AvgIpc) is 3.32. The third-order valence-electron chi connectivity index (χ3n) is 5.22. The summed E-state index contributed by atoms with van der Waals surface area (Å²) in [4.78, 5) is 14.6. The lowest BCUT2D eigenvalue weighted by molar-refractivity contribution is -0.133. The van der Waals surface area contributed by atoms with Gasteiger partial charge in [-0.15, -0.1) is 0 Å². The fourth-order valence-electron chi connectivity index (χ4n) is 3.70. The van der Waals surface area contributed by atoms with Crippen molar-refractivity contribution in [3.05, 3.63) is 59.9 Å². The third kappa shape index (κ3) is 3.63. The zero-order valence-electron chi connectivity index (χ0n) is 15.2. The monoisotopic (exact) mass is 367 g/mol. The summed E-state index contributed by atoms with van der Waals surface area (Å²) in [7, 11) is 0. The third-order valence-corrected chi connectivity index (χ3v) is 5.22. The van der Waals surface area contributed by atoms with Crippen LogP contribution in [0.25, 0.3) is 11.1 Å². The number of hydrogen-bond acceptors (Lipinski definition) is 3. The van der Waals surface area contributed by atoms with Gasteiger partial charge in [-0.3, -0.25) is 14.6 Å². The quantitative estimate of drug-likeness (QED) is 0.770. The summed E-state index contributed by atoms with van der Waals surface area (Å²) in [5, 5.41) is 11.5. The van der Waals surface area contributed by atoms with E-state index in [1.54, 1.807) is 29.2 Å². The molecule has 4 rings (SSSR count). The van der Waals surface area contributed by atoms with E-state index in [2.05, 4.69) is 15.3 Å². The van der Waals surface area contributed by atoms with E-state index in [0.29, 0.717) is 6.54 Å². The van der Waals surface area contributed by atoms with Gasteiger partial charge in [-0.2, -0.15) is 10.2 Å². The Hall–Kier alpha value is -2.96. The molecular formula is C20H22FN5O. The van der Waals surface area contributed by atoms with Crippen LogP contribution in [-0.4, -0.2) is 43.9 Å². The lowest BCUT2D eigenvalue weighted by Gasteiger charge is -2.33. The predicted octanol–water partition coefficient (Wildman–Crippen LogP) is 3.13. The van der Waals surface area contributed by atoms with Gasteiger partial charge in [0.1, 0.15) is 12.4 Å². The minimum atomic E-state index is -0.257. The number of nitrogens with one attached hydrogen (secondary N) is 1. The molecule has 0 spiro atoms. The molecule has 2 aromatic heterocycles. The number of halogens is 1. The summed E-state index contributed by atoms with van der Waals surface area (Å²) >= 11 is 0. The maximum atomic E-state index is 13.2. The molecule has 1 aromatic carbocycles. The van der Waals surface area contributed by atoms with Crippen LogP contribution in [0.4, 0.5) is 4.39 Å². The van der Waals surface area contributed by atoms with E-state index in [1.807, 2.05) is 17.9 Å². The number of rotatable bonds is 4. The molecule has 3 aromatic rings. The van der Waals surface area contributed by atoms with Crippen LogP contribution in [0.5, 0.6) is 0 Å². The number of aryl methyl sites for hydroxylation is 1. The van der Waals surface area contributed by atoms with Gasteiger partial charge in [0.15, 0.2) is 0 Å². The molecule has 1 aliphatic rings. The maximum absolute atomic E-state index is 13.2. The molecule has 1 N–H and O–H groups in total. The van der Waals surface area contributed by atoms with Crippen molar-refractivity contribution < 1.29 is 9.18 Å². The van der Waals surface area contributed by atoms with Crippen molar-refractivity contribution in [3.63, 3.8) is 0 Å². The summed E-state index contributed by atoms with van der Waals surface area (Å²) in [6.07, 6.45) is 5.41. The van der Waals surface area contributed by atoms with Gasteiger partial charge in [0, 0.05) is 42.2 Å². The van der Waals surface area contributed by atoms with Crippen LogP contribution in [0.3, 0.4) is 0 Å². The Bertz CT molecular complexity index is 930. The lowest BCUT2D eigenvalue weighted by atomic mass is 9.90. The Morgan fingerprint density at radius 1 is 1.30 bits per heavy atom. The van der Waals surface area contributed by atoms with E-state index >= 15 is 0 Å². The topological polar surface area (TPSA) is 66.8 Å². The molecule has 7 heteroatoms. The second-order valence-electron chi connectivity index (χ2n) is 7.01. The number of aromatic amines is 1. The second kappa shape index (κ2) is 7.34. The molecule has 0 aliphatic carbocycles. The number of H-pyrrole nitrogens is 1. The molecule has 6 nitrogen and oxygen atoms in total. The molecule has 1 amide bonds. The number of aromatic nitrogens is 4. The highest BCUT2D eigenvalue weighted by atomic mass is 19.1. The molecule has 1 fully saturated rings. The second-order valence-corrected chi connectivity index (χ2v) is 7.01. The van der Waals surface area contributed by atoms with Crippen LogP contribution in [0.2, 0.25) is 0 Å². The van der Waals surface area contributed by atoms with Gasteiger partial charge in [-0.05, 0) is 43.5 Å². The van der Waals surface area contributed by atoms with E-state index in [-0.39, 0.29) is 24.2 Å². The summed E-state index contributed by atoms with van der Waals surface area (Å²) in [6, 6.07) is 8.32. The zero-order chi connectivity index (χ0) is 18.8. The van der Waals surface area contributed by atoms with Crippen LogP contribution < -0.4 is 0 Å². The van der Waals surface area contributed by atoms with Gasteiger partial charge in [-0.25, -0.2) is 4.39 Å². The molecular weight excluding hydrogens is 345 g/mol. The van der Waals surface area contributed by atoms with Crippen LogP contribution in [0.1, 0.15) is 30.1 Å². The van der Waals surface area contributed by atoms with E-state index in [9.17, 15) is 9.18 Å². The zero-order valence-corrected chi connectivity index (χ0v) is 15.2. The van der Waals surface area contributed by atoms with E-state index in [1.165, 1.54) is 12.1 Å². The van der Waals surface area contributed by atoms with Gasteiger partial charge in [-0.1, -0.05) is 12.1 Å². The first kappa shape index (κ1) is 17.5. The number of likely N-dealkylation sites (tertiary alicyclic amines) is 1. The largest absolute Gasteiger partial charge is 0.340 e. The Labute approximate surface area is 157 Å². The molecule has 0 radical (unpaired) electrons. The maximum Gasteiger partial charge on any atom is 0.244 e. The smallest absolute Gasteiger partial charge is 0.244 e. The molecule has 1 saturated heterocycles. The summed E-state index contributed by atoms with van der Waals surface area (Å²) in [5.41, 5.74) is 3.88. The fourth-order valence-corrected chi connectivity index (χ4v) is 3.70. The van der Waals surface area contributed by atoms with Crippen molar-refractivity contribution in [2.45, 2.75) is 32.2 Å². The van der Waals surface area contributed by atoms with Crippen molar-refractivity contribution in [1.29, 1.82) is 0 Å². The number of piperidine rings is 1. The first-order chi connectivity index (χ1) is 13.1. The van der Waals surface area contributed by atoms with Gasteiger partial charge < -0.3 is 4.90 Å². The summed E-state index contributed by atoms with van der Waals surface area (Å²) in [6.45, 7) is 3.61. The molecule has 3 heterocycles. The number of nitrogens with zero attached hydrogens (tertiary/aromatic N) is 4. The highest BCUT2D eigenvalue weighted by Crippen LogP contribution is 2.33. The first-order valence-electron chi connectivity index (χ1n) is 9.17. The summed E-state index contributed by atoms with van der Waals surface area (Å²) < 4.78 is 15.0. The van der Waals surface area contributed by atoms with Gasteiger partial charge in [0.25, 0.3) is 0 Å². The highest BCUT2D eigenvalue weighted by molar-refractivity contribution is 5.76. The Morgan fingerprint density at radius 2 is 2.11 bits per heavy atom. The van der Waals surface area contributed by atoms with Crippen molar-refractivity contribution in [1.82, 2.24) is 24.9 Å². The van der Waals surface area contributed by atoms with Crippen molar-refractivity contribution in [2.75, 3.05) is 13.1 Å². The van der Waals surface area contributed by atoms with Crippen molar-refractivity contribution in [2.24, 2.45) is 0 Å². The van der Waals surface area contributed by atoms with E-state index in [0.717, 1.165) is 41.9 Å². The number of carbonyl (C=O) groups excluding carboxylic acids is 1. The van der Waals surface area contributed by atoms with E-state index < -0.39 is 0 Å². The number of carbonyl (C=O) groups is 1. The summed E-state index contributed by atoms with van der Waals surface area (Å²) in [5.74, 6) is 0.00506. The molecule has 140 valence electrons. The Balaban J connectivity index is 1.50. The number of hydrogen-bond donors (Lipinski definition) is 1. The average molecular weight is 367 g/mol. The van der Waals surface area contributed by atoms with Crippen LogP contribution in [0.15, 0.2) is 42.7 Å². The van der Waals surface area contributed by atoms with Gasteiger partial charge in [0.05, 0.1) is 6.20 Å². The highest BCUT2D eigenvalue weighted by Gasteiger charge is 2.28. The molecule has 1 aliphatic heterocycles. The fraction of sp³-hybridized carbons (Fsp3) is 0.350. The normalized spacial score (nSPS) is 17.3. The standard InChI is InChI=1S/C20H22FN5O/c1-14-8-9-23-26(14)13-19(27)25-10-2-3-16(12-25)20-18(11-22-24-20)15-4-6-17(21)7-5-15/h4-9,11,16H,2-3,10,12-13H2,1H3,(H,22,24)/t16-/m0/s1. The lowest BCUT2D eigenvalue weighted by Crippen LogP contribution is -2.41. The van der Waals surface area contributed by atoms with Gasteiger partial charge in [0.2, 0.25) is 5.91 Å². The number of amides is 1. The van der Waals surface area contributed by atoms with Crippen LogP contribution in [0, 0.1) is 12.7 Å². The van der Waals surface area contributed by atoms with Crippen LogP contribution in [-0.2, 0) is 11.3 Å². The SMILES string of the molecule is Cc1ccnn1CC(=O)N1CCC[C@H](c2[nH]ncc2-c2ccc(F)cc2)C1. The Kier molecular flexibility index (Phi) is 4.75. The molecule has 1 atom stereocenters. The minimum absolute atomic E-state index is 0.0781. The van der Waals surface area contributed by atoms with Crippen molar-refractivity contribution in [3.8, 4) is 11.1 Å². The molecule has 0 unspecified atom stereocenters.